The summed E-state index contributed by atoms with van der Waals surface area (Å²) in [5, 5.41) is 9.83. The van der Waals surface area contributed by atoms with Crippen LogP contribution in [0.15, 0.2) is 47.6 Å². The van der Waals surface area contributed by atoms with E-state index in [1.165, 1.54) is 6.26 Å². The van der Waals surface area contributed by atoms with Crippen molar-refractivity contribution in [2.75, 3.05) is 12.8 Å². The molecule has 2 atom stereocenters. The third-order valence-electron chi connectivity index (χ3n) is 3.82. The van der Waals surface area contributed by atoms with Gasteiger partial charge in [0.05, 0.1) is 10.9 Å². The standard InChI is InChI=1S/C17H24N4O3S/c1-13(12-21-10-4-9-19-21)11-18-17(22)20-14(2)15-5-7-16(8-6-15)25(3,23)24/h4-10,13-14H,11-12H2,1-3H3,(H2,18,20,22)/t13-,14+/m0/s1. The Balaban J connectivity index is 1.81. The maximum absolute atomic E-state index is 12.0. The van der Waals surface area contributed by atoms with Crippen LogP contribution in [0.5, 0.6) is 0 Å². The number of benzene rings is 1. The number of amides is 2. The highest BCUT2D eigenvalue weighted by molar-refractivity contribution is 7.90. The van der Waals surface area contributed by atoms with Crippen LogP contribution in [-0.4, -0.2) is 37.0 Å². The lowest BCUT2D eigenvalue weighted by Gasteiger charge is -2.17. The van der Waals surface area contributed by atoms with Gasteiger partial charge in [-0.1, -0.05) is 19.1 Å². The SMILES string of the molecule is C[C@@H](CNC(=O)N[C@H](C)c1ccc(S(C)(=O)=O)cc1)Cn1cccn1. The van der Waals surface area contributed by atoms with E-state index < -0.39 is 9.84 Å². The zero-order chi connectivity index (χ0) is 18.4. The van der Waals surface area contributed by atoms with Gasteiger partial charge in [-0.2, -0.15) is 5.10 Å². The molecule has 25 heavy (non-hydrogen) atoms. The Morgan fingerprint density at radius 2 is 1.92 bits per heavy atom. The van der Waals surface area contributed by atoms with Gasteiger partial charge in [0.1, 0.15) is 0 Å². The Kier molecular flexibility index (Phi) is 6.19. The molecule has 0 radical (unpaired) electrons. The first kappa shape index (κ1) is 19.0. The van der Waals surface area contributed by atoms with Gasteiger partial charge in [-0.05, 0) is 36.6 Å². The van der Waals surface area contributed by atoms with Crippen LogP contribution < -0.4 is 10.6 Å². The average molecular weight is 364 g/mol. The minimum Gasteiger partial charge on any atom is -0.338 e. The Bertz CT molecular complexity index is 786. The fourth-order valence-electron chi connectivity index (χ4n) is 2.39. The number of sulfone groups is 1. The van der Waals surface area contributed by atoms with E-state index in [0.29, 0.717) is 6.54 Å². The van der Waals surface area contributed by atoms with E-state index in [1.54, 1.807) is 30.5 Å². The van der Waals surface area contributed by atoms with Crippen LogP contribution in [0.2, 0.25) is 0 Å². The van der Waals surface area contributed by atoms with E-state index in [9.17, 15) is 13.2 Å². The molecule has 0 fully saturated rings. The first-order chi connectivity index (χ1) is 11.8. The summed E-state index contributed by atoms with van der Waals surface area (Å²) in [5.41, 5.74) is 0.840. The molecule has 2 rings (SSSR count). The van der Waals surface area contributed by atoms with Crippen LogP contribution in [0, 0.1) is 5.92 Å². The molecular weight excluding hydrogens is 340 g/mol. The molecule has 8 heteroatoms. The summed E-state index contributed by atoms with van der Waals surface area (Å²) >= 11 is 0. The van der Waals surface area contributed by atoms with E-state index in [-0.39, 0.29) is 22.9 Å². The van der Waals surface area contributed by atoms with E-state index >= 15 is 0 Å². The Labute approximate surface area is 148 Å². The Morgan fingerprint density at radius 1 is 1.24 bits per heavy atom. The van der Waals surface area contributed by atoms with Crippen LogP contribution in [0.25, 0.3) is 0 Å². The van der Waals surface area contributed by atoms with Crippen LogP contribution >= 0.6 is 0 Å². The number of rotatable bonds is 7. The van der Waals surface area contributed by atoms with Gasteiger partial charge < -0.3 is 10.6 Å². The van der Waals surface area contributed by atoms with Crippen molar-refractivity contribution < 1.29 is 13.2 Å². The number of nitrogens with zero attached hydrogens (tertiary/aromatic N) is 2. The molecule has 0 spiro atoms. The van der Waals surface area contributed by atoms with Gasteiger partial charge in [-0.25, -0.2) is 13.2 Å². The molecule has 1 aromatic heterocycles. The lowest BCUT2D eigenvalue weighted by atomic mass is 10.1. The maximum Gasteiger partial charge on any atom is 0.315 e. The minimum atomic E-state index is -3.21. The fraction of sp³-hybridized carbons (Fsp3) is 0.412. The maximum atomic E-state index is 12.0. The van der Waals surface area contributed by atoms with Crippen molar-refractivity contribution >= 4 is 15.9 Å². The highest BCUT2D eigenvalue weighted by Crippen LogP contribution is 2.16. The Morgan fingerprint density at radius 3 is 2.48 bits per heavy atom. The molecule has 0 aliphatic carbocycles. The smallest absolute Gasteiger partial charge is 0.315 e. The van der Waals surface area contributed by atoms with Crippen molar-refractivity contribution in [2.24, 2.45) is 5.92 Å². The van der Waals surface area contributed by atoms with Gasteiger partial charge in [-0.15, -0.1) is 0 Å². The van der Waals surface area contributed by atoms with Crippen molar-refractivity contribution in [2.45, 2.75) is 31.3 Å². The molecule has 0 aliphatic rings. The van der Waals surface area contributed by atoms with Crippen molar-refractivity contribution in [3.63, 3.8) is 0 Å². The average Bonchev–Trinajstić information content (AvgIpc) is 3.05. The Hall–Kier alpha value is -2.35. The largest absolute Gasteiger partial charge is 0.338 e. The zero-order valence-corrected chi connectivity index (χ0v) is 15.5. The van der Waals surface area contributed by atoms with Crippen molar-refractivity contribution in [1.29, 1.82) is 0 Å². The topological polar surface area (TPSA) is 93.1 Å². The van der Waals surface area contributed by atoms with Crippen LogP contribution in [0.4, 0.5) is 4.79 Å². The molecule has 0 unspecified atom stereocenters. The third-order valence-corrected chi connectivity index (χ3v) is 4.95. The molecule has 7 nitrogen and oxygen atoms in total. The van der Waals surface area contributed by atoms with Gasteiger partial charge in [0.2, 0.25) is 0 Å². The monoisotopic (exact) mass is 364 g/mol. The van der Waals surface area contributed by atoms with Gasteiger partial charge in [0.15, 0.2) is 9.84 Å². The summed E-state index contributed by atoms with van der Waals surface area (Å²) in [6, 6.07) is 7.90. The summed E-state index contributed by atoms with van der Waals surface area (Å²) in [4.78, 5) is 12.3. The number of hydrogen-bond donors (Lipinski definition) is 2. The molecule has 136 valence electrons. The van der Waals surface area contributed by atoms with Crippen LogP contribution in [0.3, 0.4) is 0 Å². The number of carbonyl (C=O) groups is 1. The number of carbonyl (C=O) groups excluding carboxylic acids is 1. The van der Waals surface area contributed by atoms with Gasteiger partial charge in [0.25, 0.3) is 0 Å². The lowest BCUT2D eigenvalue weighted by Crippen LogP contribution is -2.39. The summed E-state index contributed by atoms with van der Waals surface area (Å²) < 4.78 is 24.8. The first-order valence-electron chi connectivity index (χ1n) is 8.07. The second-order valence-corrected chi connectivity index (χ2v) is 8.27. The van der Waals surface area contributed by atoms with Gasteiger partial charge >= 0.3 is 6.03 Å². The number of urea groups is 1. The molecule has 2 N–H and O–H groups in total. The zero-order valence-electron chi connectivity index (χ0n) is 14.6. The molecule has 0 saturated heterocycles. The molecule has 1 heterocycles. The summed E-state index contributed by atoms with van der Waals surface area (Å²) in [6.45, 7) is 5.15. The van der Waals surface area contributed by atoms with Gasteiger partial charge in [0, 0.05) is 31.7 Å². The second kappa shape index (κ2) is 8.15. The number of nitrogens with one attached hydrogen (secondary N) is 2. The summed E-state index contributed by atoms with van der Waals surface area (Å²) in [5.74, 6) is 0.245. The lowest BCUT2D eigenvalue weighted by molar-refractivity contribution is 0.235. The van der Waals surface area contributed by atoms with Crippen LogP contribution in [-0.2, 0) is 16.4 Å². The molecule has 0 bridgehead atoms. The summed E-state index contributed by atoms with van der Waals surface area (Å²) in [6.07, 6.45) is 4.78. The van der Waals surface area contributed by atoms with Crippen LogP contribution in [0.1, 0.15) is 25.5 Å². The molecule has 2 aromatic rings. The van der Waals surface area contributed by atoms with Crippen molar-refractivity contribution in [1.82, 2.24) is 20.4 Å². The van der Waals surface area contributed by atoms with Gasteiger partial charge in [-0.3, -0.25) is 4.68 Å². The second-order valence-electron chi connectivity index (χ2n) is 6.25. The normalized spacial score (nSPS) is 13.9. The predicted molar refractivity (Wildman–Crippen MR) is 95.9 cm³/mol. The van der Waals surface area contributed by atoms with E-state index in [0.717, 1.165) is 12.1 Å². The molecular formula is C17H24N4O3S. The first-order valence-corrected chi connectivity index (χ1v) is 9.96. The number of hydrogen-bond acceptors (Lipinski definition) is 4. The van der Waals surface area contributed by atoms with Crippen molar-refractivity contribution in [3.05, 3.63) is 48.3 Å². The molecule has 2 amide bonds. The highest BCUT2D eigenvalue weighted by atomic mass is 32.2. The molecule has 0 saturated carbocycles. The molecule has 0 aliphatic heterocycles. The van der Waals surface area contributed by atoms with E-state index in [1.807, 2.05) is 30.8 Å². The fourth-order valence-corrected chi connectivity index (χ4v) is 3.02. The third kappa shape index (κ3) is 5.90. The highest BCUT2D eigenvalue weighted by Gasteiger charge is 2.12. The predicted octanol–water partition coefficient (Wildman–Crippen LogP) is 1.98. The molecule has 1 aromatic carbocycles. The summed E-state index contributed by atoms with van der Waals surface area (Å²) in [7, 11) is -3.21. The van der Waals surface area contributed by atoms with E-state index in [2.05, 4.69) is 15.7 Å². The number of aromatic nitrogens is 2. The minimum absolute atomic E-state index is 0.227. The van der Waals surface area contributed by atoms with Crippen molar-refractivity contribution in [3.8, 4) is 0 Å². The van der Waals surface area contributed by atoms with E-state index in [4.69, 9.17) is 0 Å². The quantitative estimate of drug-likeness (QED) is 0.786.